The summed E-state index contributed by atoms with van der Waals surface area (Å²) in [5.74, 6) is -1.75. The minimum Gasteiger partial charge on any atom is -0.481 e. The van der Waals surface area contributed by atoms with Gasteiger partial charge in [0.25, 0.3) is 0 Å². The first-order valence-corrected chi connectivity index (χ1v) is 14.1. The van der Waals surface area contributed by atoms with Gasteiger partial charge in [0.1, 0.15) is 0 Å². The van der Waals surface area contributed by atoms with Gasteiger partial charge in [-0.05, 0) is 97.7 Å². The second kappa shape index (κ2) is 11.3. The van der Waals surface area contributed by atoms with Crippen molar-refractivity contribution in [2.75, 3.05) is 0 Å². The molecule has 8 bridgehead atoms. The number of H-pyrrole nitrogens is 2. The lowest BCUT2D eigenvalue weighted by Gasteiger charge is -2.10. The molecule has 8 nitrogen and oxygen atoms in total. The van der Waals surface area contributed by atoms with E-state index in [0.717, 1.165) is 78.0 Å². The van der Waals surface area contributed by atoms with Gasteiger partial charge in [0.15, 0.2) is 0 Å². The smallest absolute Gasteiger partial charge is 0.303 e. The molecule has 0 spiro atoms. The number of nitrogens with zero attached hydrogens (tertiary/aromatic N) is 2. The van der Waals surface area contributed by atoms with Gasteiger partial charge < -0.3 is 20.2 Å². The molecule has 5 heterocycles. The van der Waals surface area contributed by atoms with Crippen molar-refractivity contribution in [3.8, 4) is 0 Å². The normalized spacial score (nSPS) is 19.9. The third-order valence-electron chi connectivity index (χ3n) is 8.58. The molecule has 1 atom stereocenters. The summed E-state index contributed by atoms with van der Waals surface area (Å²) in [5, 5.41) is 20.5. The second-order valence-corrected chi connectivity index (χ2v) is 11.0. The molecule has 0 saturated heterocycles. The average molecular weight is 565 g/mol. The maximum atomic E-state index is 11.5. The van der Waals surface area contributed by atoms with Crippen molar-refractivity contribution in [1.29, 1.82) is 0 Å². The van der Waals surface area contributed by atoms with Gasteiger partial charge in [0, 0.05) is 46.9 Å². The number of aliphatic carboxylic acids is 2. The van der Waals surface area contributed by atoms with Crippen molar-refractivity contribution >= 4 is 41.6 Å². The van der Waals surface area contributed by atoms with Crippen LogP contribution in [0.3, 0.4) is 0 Å². The molecular formula is C34H36N4O4. The average Bonchev–Trinajstić information content (AvgIpc) is 3.59. The van der Waals surface area contributed by atoms with E-state index in [-0.39, 0.29) is 18.9 Å². The van der Waals surface area contributed by atoms with Crippen molar-refractivity contribution in [3.05, 3.63) is 97.6 Å². The Hall–Kier alpha value is -4.72. The lowest BCUT2D eigenvalue weighted by molar-refractivity contribution is -0.137. The van der Waals surface area contributed by atoms with Gasteiger partial charge in [-0.15, -0.1) is 0 Å². The molecular weight excluding hydrogens is 528 g/mol. The highest BCUT2D eigenvalue weighted by atomic mass is 16.4. The van der Waals surface area contributed by atoms with Crippen LogP contribution in [0.2, 0.25) is 0 Å². The number of aromatic nitrogens is 2. The van der Waals surface area contributed by atoms with Crippen molar-refractivity contribution in [1.82, 2.24) is 9.97 Å². The molecule has 2 aromatic heterocycles. The summed E-state index contributed by atoms with van der Waals surface area (Å²) in [5.41, 5.74) is 12.0. The standard InChI is InChI=1S/C34H36N4O4/c1-7-21-17(3)25-13-26-19(5)23(9-11-33(39)40)31(37-26)16-32-24(10-12-34(41)42)20(6)28(38-32)15-30-22(8-2)18(4)27(36-30)14-29(21)35-25/h7-8,13,15-16,29,36,38H,1-2,9-12,14H2,3-6H3,(H,39,40)(H,41,42)/b26-13-,28-15-,32-16?. The summed E-state index contributed by atoms with van der Waals surface area (Å²) < 4.78 is 0. The summed E-state index contributed by atoms with van der Waals surface area (Å²) >= 11 is 0. The van der Waals surface area contributed by atoms with E-state index in [1.165, 1.54) is 0 Å². The van der Waals surface area contributed by atoms with Gasteiger partial charge in [0.05, 0.1) is 23.2 Å². The molecule has 1 unspecified atom stereocenters. The van der Waals surface area contributed by atoms with Crippen LogP contribution in [0.4, 0.5) is 0 Å². The predicted molar refractivity (Wildman–Crippen MR) is 167 cm³/mol. The quantitative estimate of drug-likeness (QED) is 0.372. The number of aliphatic imine (C=N–C) groups is 2. The Labute approximate surface area is 244 Å². The Kier molecular flexibility index (Phi) is 7.73. The van der Waals surface area contributed by atoms with Crippen LogP contribution < -0.4 is 10.7 Å². The Bertz CT molecular complexity index is 1830. The molecule has 42 heavy (non-hydrogen) atoms. The third-order valence-corrected chi connectivity index (χ3v) is 8.58. The van der Waals surface area contributed by atoms with Crippen molar-refractivity contribution in [2.24, 2.45) is 9.98 Å². The van der Waals surface area contributed by atoms with E-state index in [1.807, 2.05) is 51.2 Å². The summed E-state index contributed by atoms with van der Waals surface area (Å²) in [7, 11) is 0. The molecule has 0 aromatic carbocycles. The number of rotatable bonds is 8. The summed E-state index contributed by atoms with van der Waals surface area (Å²) in [4.78, 5) is 40.3. The molecule has 0 amide bonds. The number of carboxylic acids is 2. The molecule has 0 aliphatic carbocycles. The summed E-state index contributed by atoms with van der Waals surface area (Å²) in [6, 6.07) is -0.112. The monoisotopic (exact) mass is 564 g/mol. The minimum absolute atomic E-state index is 0.0144. The van der Waals surface area contributed by atoms with Gasteiger partial charge >= 0.3 is 11.9 Å². The zero-order valence-electron chi connectivity index (χ0n) is 24.5. The van der Waals surface area contributed by atoms with Gasteiger partial charge in [-0.1, -0.05) is 25.3 Å². The van der Waals surface area contributed by atoms with Crippen molar-refractivity contribution in [3.63, 3.8) is 0 Å². The largest absolute Gasteiger partial charge is 0.481 e. The lowest BCUT2D eigenvalue weighted by Crippen LogP contribution is -2.16. The fourth-order valence-corrected chi connectivity index (χ4v) is 6.13. The number of fused-ring (bicyclic) bond motifs is 6. The molecule has 5 rings (SSSR count). The summed E-state index contributed by atoms with van der Waals surface area (Å²) in [6.07, 6.45) is 11.0. The Morgan fingerprint density at radius 2 is 1.62 bits per heavy atom. The van der Waals surface area contributed by atoms with Crippen LogP contribution in [0.25, 0.3) is 18.2 Å². The molecule has 216 valence electrons. The SMILES string of the molecule is C=CC1=C(C)C2=NC1Cc1[nH]c(c(C=C)c1C)/C=c1\[nH]c(c(CCC(=O)O)c1C)=CC1=N/C(=C\2)C(C)=C1CCC(=O)O. The highest BCUT2D eigenvalue weighted by Crippen LogP contribution is 2.33. The van der Waals surface area contributed by atoms with Gasteiger partial charge in [-0.2, -0.15) is 0 Å². The first kappa shape index (κ1) is 28.8. The number of carbonyl (C=O) groups is 2. The third kappa shape index (κ3) is 5.20. The predicted octanol–water partition coefficient (Wildman–Crippen LogP) is 4.63. The van der Waals surface area contributed by atoms with Crippen molar-refractivity contribution < 1.29 is 19.8 Å². The van der Waals surface area contributed by atoms with Crippen LogP contribution in [0.5, 0.6) is 0 Å². The molecule has 3 aliphatic rings. The lowest BCUT2D eigenvalue weighted by atomic mass is 9.97. The topological polar surface area (TPSA) is 131 Å². The first-order valence-electron chi connectivity index (χ1n) is 14.1. The van der Waals surface area contributed by atoms with E-state index < -0.39 is 11.9 Å². The van der Waals surface area contributed by atoms with E-state index in [4.69, 9.17) is 9.98 Å². The minimum atomic E-state index is -0.879. The van der Waals surface area contributed by atoms with E-state index in [9.17, 15) is 19.8 Å². The molecule has 4 N–H and O–H groups in total. The Balaban J connectivity index is 1.82. The molecule has 0 fully saturated rings. The molecule has 0 saturated carbocycles. The van der Waals surface area contributed by atoms with Crippen molar-refractivity contribution in [2.45, 2.75) is 65.8 Å². The highest BCUT2D eigenvalue weighted by molar-refractivity contribution is 6.24. The highest BCUT2D eigenvalue weighted by Gasteiger charge is 2.27. The Morgan fingerprint density at radius 3 is 2.29 bits per heavy atom. The van der Waals surface area contributed by atoms with Crippen LogP contribution in [-0.4, -0.2) is 49.6 Å². The molecule has 0 radical (unpaired) electrons. The molecule has 3 aliphatic heterocycles. The second-order valence-electron chi connectivity index (χ2n) is 11.0. The molecule has 8 heteroatoms. The van der Waals surface area contributed by atoms with Crippen LogP contribution >= 0.6 is 0 Å². The number of nitrogens with one attached hydrogen (secondary N) is 2. The zero-order valence-corrected chi connectivity index (χ0v) is 24.5. The van der Waals surface area contributed by atoms with E-state index in [1.54, 1.807) is 0 Å². The van der Waals surface area contributed by atoms with E-state index in [0.29, 0.717) is 25.0 Å². The van der Waals surface area contributed by atoms with E-state index in [2.05, 4.69) is 30.0 Å². The maximum Gasteiger partial charge on any atom is 0.303 e. The summed E-state index contributed by atoms with van der Waals surface area (Å²) in [6.45, 7) is 16.2. The number of aromatic amines is 2. The number of allylic oxidation sites excluding steroid dienone is 4. The van der Waals surface area contributed by atoms with Crippen LogP contribution in [-0.2, 0) is 22.4 Å². The number of hydrogen-bond acceptors (Lipinski definition) is 4. The van der Waals surface area contributed by atoms with Crippen LogP contribution in [0.1, 0.15) is 66.8 Å². The maximum absolute atomic E-state index is 11.5. The first-order chi connectivity index (χ1) is 20.0. The number of carboxylic acid groups (broad SMARTS) is 2. The van der Waals surface area contributed by atoms with Crippen LogP contribution in [0.15, 0.2) is 63.3 Å². The van der Waals surface area contributed by atoms with Gasteiger partial charge in [-0.25, -0.2) is 4.99 Å². The van der Waals surface area contributed by atoms with Gasteiger partial charge in [-0.3, -0.25) is 14.6 Å². The molecule has 2 aromatic rings. The fraction of sp³-hybridized carbons (Fsp3) is 0.294. The number of hydrogen-bond donors (Lipinski definition) is 4. The van der Waals surface area contributed by atoms with E-state index >= 15 is 0 Å². The van der Waals surface area contributed by atoms with Crippen LogP contribution in [0, 0.1) is 13.8 Å². The van der Waals surface area contributed by atoms with Gasteiger partial charge in [0.2, 0.25) is 0 Å². The fourth-order valence-electron chi connectivity index (χ4n) is 6.13. The Morgan fingerprint density at radius 1 is 0.905 bits per heavy atom. The zero-order chi connectivity index (χ0) is 30.3.